The molecular weight excluding hydrogens is 1190 g/mol. The molecule has 2 aliphatic heterocycles. The third-order valence-corrected chi connectivity index (χ3v) is 17.5. The van der Waals surface area contributed by atoms with E-state index in [1.54, 1.807) is 123 Å². The smallest absolute Gasteiger partial charge is 0.354 e. The first-order valence-corrected chi connectivity index (χ1v) is 30.7. The third-order valence-electron chi connectivity index (χ3n) is 14.0. The molecule has 0 bridgehead atoms. The monoisotopic (exact) mass is 1260 g/mol. The molecule has 22 nitrogen and oxygen atoms in total. The van der Waals surface area contributed by atoms with Crippen LogP contribution in [0.15, 0.2) is 146 Å². The van der Waals surface area contributed by atoms with Crippen molar-refractivity contribution in [2.45, 2.75) is 121 Å². The minimum Gasteiger partial charge on any atom is -0.459 e. The van der Waals surface area contributed by atoms with Gasteiger partial charge in [0.15, 0.2) is 40.8 Å². The molecule has 0 spiro atoms. The van der Waals surface area contributed by atoms with E-state index in [0.29, 0.717) is 19.4 Å². The summed E-state index contributed by atoms with van der Waals surface area (Å²) in [5.41, 5.74) is 7.96. The van der Waals surface area contributed by atoms with Crippen molar-refractivity contribution in [1.82, 2.24) is 39.2 Å². The van der Waals surface area contributed by atoms with Crippen molar-refractivity contribution in [2.75, 3.05) is 31.3 Å². The van der Waals surface area contributed by atoms with Crippen molar-refractivity contribution < 1.29 is 80.1 Å². The highest BCUT2D eigenvalue weighted by Gasteiger charge is 2.68. The van der Waals surface area contributed by atoms with Gasteiger partial charge >= 0.3 is 31.4 Å². The molecule has 29 heteroatoms. The summed E-state index contributed by atoms with van der Waals surface area (Å²) in [6.07, 6.45) is -1.54. The van der Waals surface area contributed by atoms with Crippen LogP contribution in [0.2, 0.25) is 24.5 Å². The molecule has 0 saturated carbocycles. The Morgan fingerprint density at radius 2 is 1.00 bits per heavy atom. The number of nitrogens with zero attached hydrogens (tertiary/aromatic N) is 8. The molecule has 2 aliphatic rings. The number of nitrogen functional groups attached to an aromatic ring is 2. The molecule has 2 fully saturated rings. The average Bonchev–Trinajstić information content (AvgIpc) is 1.62. The minimum absolute atomic E-state index is 0.0104. The van der Waals surface area contributed by atoms with E-state index in [1.165, 1.54) is 54.2 Å². The third kappa shape index (κ3) is 17.5. The Kier molecular flexibility index (Phi) is 27.2. The quantitative estimate of drug-likeness (QED) is 0.0303. The van der Waals surface area contributed by atoms with Crippen LogP contribution in [0.1, 0.15) is 107 Å². The number of esters is 4. The number of ether oxygens (including phenoxy) is 6. The van der Waals surface area contributed by atoms with Crippen LogP contribution >= 0.6 is 0 Å². The summed E-state index contributed by atoms with van der Waals surface area (Å²) in [5.74, 6) is -5.54. The van der Waals surface area contributed by atoms with Crippen molar-refractivity contribution >= 4 is 63.2 Å². The van der Waals surface area contributed by atoms with Crippen LogP contribution in [0.3, 0.4) is 0 Å². The number of carbonyl (C=O) groups is 4. The van der Waals surface area contributed by atoms with Gasteiger partial charge in [-0.25, -0.2) is 56.9 Å². The maximum absolute atomic E-state index is 16.6. The lowest BCUT2D eigenvalue weighted by atomic mass is 9.89. The van der Waals surface area contributed by atoms with Gasteiger partial charge in [0.1, 0.15) is 49.9 Å². The molecule has 0 amide bonds. The molecule has 0 aliphatic carbocycles. The fourth-order valence-electron chi connectivity index (χ4n) is 9.23. The second-order valence-corrected chi connectivity index (χ2v) is 24.1. The van der Waals surface area contributed by atoms with Crippen LogP contribution in [0.25, 0.3) is 11.3 Å². The van der Waals surface area contributed by atoms with Gasteiger partial charge in [-0.3, -0.25) is 0 Å². The second-order valence-electron chi connectivity index (χ2n) is 20.0. The van der Waals surface area contributed by atoms with Crippen LogP contribution in [0.5, 0.6) is 0 Å². The second kappa shape index (κ2) is 34.1. The number of nitrogens with two attached hydrogens (primary N) is 2. The van der Waals surface area contributed by atoms with Gasteiger partial charge in [0.25, 0.3) is 5.79 Å². The van der Waals surface area contributed by atoms with Crippen LogP contribution in [-0.4, -0.2) is 145 Å². The van der Waals surface area contributed by atoms with Crippen molar-refractivity contribution in [3.8, 4) is 0 Å². The van der Waals surface area contributed by atoms with Crippen molar-refractivity contribution in [2.24, 2.45) is 0 Å². The molecule has 4 aromatic heterocycles. The molecule has 1 radical (unpaired) electrons. The van der Waals surface area contributed by atoms with Crippen molar-refractivity contribution in [3.63, 3.8) is 0 Å². The van der Waals surface area contributed by atoms with Gasteiger partial charge < -0.3 is 54.4 Å². The number of fused-ring (bicyclic) bond motifs is 2. The Morgan fingerprint density at radius 3 is 1.42 bits per heavy atom. The number of aliphatic hydroxyl groups is 2. The molecule has 2 unspecified atom stereocenters. The fraction of sp³-hybridized carbons (Fsp3) is 0.367. The summed E-state index contributed by atoms with van der Waals surface area (Å²) >= 11 is 0. The Bertz CT molecular complexity index is 3470. The molecular formula is C60H71BF5N10O12Si. The highest BCUT2D eigenvalue weighted by Crippen LogP contribution is 2.50. The van der Waals surface area contributed by atoms with Crippen LogP contribution in [-0.2, 0) is 34.2 Å². The van der Waals surface area contributed by atoms with Crippen molar-refractivity contribution in [3.05, 3.63) is 180 Å². The predicted octanol–water partition coefficient (Wildman–Crippen LogP) is 9.14. The summed E-state index contributed by atoms with van der Waals surface area (Å²) in [4.78, 5) is 66.7. The summed E-state index contributed by atoms with van der Waals surface area (Å²) in [7, 11) is 0.454. The van der Waals surface area contributed by atoms with Gasteiger partial charge in [0.05, 0.1) is 40.3 Å². The number of aromatic nitrogens is 8. The first-order valence-electron chi connectivity index (χ1n) is 28.2. The number of hydrogen-bond donors (Lipinski definition) is 4. The van der Waals surface area contributed by atoms with Gasteiger partial charge in [-0.15, -0.1) is 0 Å². The Labute approximate surface area is 512 Å². The Hall–Kier alpha value is -8.77. The van der Waals surface area contributed by atoms with E-state index in [0.717, 1.165) is 24.0 Å². The predicted molar refractivity (Wildman–Crippen MR) is 321 cm³/mol. The zero-order valence-corrected chi connectivity index (χ0v) is 51.1. The lowest BCUT2D eigenvalue weighted by molar-refractivity contribution is -0.256. The van der Waals surface area contributed by atoms with E-state index in [-0.39, 0.29) is 73.0 Å². The molecule has 2 saturated heterocycles. The molecule has 8 atom stereocenters. The lowest BCUT2D eigenvalue weighted by Crippen LogP contribution is -2.51. The first kappa shape index (κ1) is 71.0. The normalized spacial score (nSPS) is 21.3. The van der Waals surface area contributed by atoms with E-state index < -0.39 is 78.1 Å². The number of aliphatic hydroxyl groups excluding tert-OH is 1. The maximum atomic E-state index is 16.6. The van der Waals surface area contributed by atoms with E-state index >= 15 is 8.78 Å². The standard InChI is InChI=1S/C25H22FN5O6.C25H22FN5O5.C6H16Si.C2H5BF.C2H6O.F2/c1-24(26)19(36-23(33)16-10-6-3-7-11-16)17(13-35-22(32)15-8-4-2-5-9-15)37-25(24,34)18-12-28-21-20(27)29-14-30-31(18)21;1-25(26)19(17-12-28-22-21(27)29-14-30-31(17)22)35-18(13-34-23(32)15-8-4-2-5-9-15)20(25)36-24(33)16-10-6-3-7-11-16;1-4-7(5-2)6-3;1-2-3-4;1-2-3;1-2/h2-12,14,17,19,34H,13H2,1H3,(H2,27,29,30);2-12,14,18-20H,13H2,1H3,(H2,27,29,30);7H,4-6H2,1-3H3;2H2,1H3;3H,2H2,1H3;/t17-,19-,24-,25?;18-,19?,20-,25+;;;;/m11..../s1. The summed E-state index contributed by atoms with van der Waals surface area (Å²) < 4.78 is 95.7. The van der Waals surface area contributed by atoms with Gasteiger partial charge in [0, 0.05) is 24.6 Å². The zero-order chi connectivity index (χ0) is 65.3. The summed E-state index contributed by atoms with van der Waals surface area (Å²) in [5, 5.41) is 27.3. The SMILES string of the molecule is CCO.CC[B]F.CC[SiH](CC)CC.C[C@@]1(F)[C@H](OC(=O)c2ccccc2)[C@@H](COC(=O)c2ccccc2)OC1(O)c1cnc2c(N)ncnn12.C[C@]1(F)C(c2cnc3c(N)ncnn23)O[C@H](COC(=O)c2ccccc2)[C@H]1OC(=O)c1ccccc1.FF. The molecule has 10 rings (SSSR count). The molecule has 8 aromatic rings. The average molecular weight is 1260 g/mol. The van der Waals surface area contributed by atoms with Crippen LogP contribution < -0.4 is 11.5 Å². The zero-order valence-electron chi connectivity index (χ0n) is 49.9. The van der Waals surface area contributed by atoms with Gasteiger partial charge in [-0.05, 0) is 75.6 Å². The number of alkyl halides is 2. The highest BCUT2D eigenvalue weighted by atomic mass is 28.3. The minimum atomic E-state index is -2.75. The number of hydrogen-bond acceptors (Lipinski definition) is 20. The van der Waals surface area contributed by atoms with E-state index in [4.69, 9.17) is 54.1 Å². The highest BCUT2D eigenvalue weighted by molar-refractivity contribution is 6.58. The summed E-state index contributed by atoms with van der Waals surface area (Å²) in [6.45, 7) is 12.0. The topological polar surface area (TPSA) is 302 Å². The largest absolute Gasteiger partial charge is 0.459 e. The number of anilines is 2. The number of carbonyl (C=O) groups excluding carboxylic acids is 4. The molecule has 4 aromatic carbocycles. The first-order chi connectivity index (χ1) is 42.8. The fourth-order valence-corrected chi connectivity index (χ4v) is 11.0. The number of imidazole rings is 2. The molecule has 6 heterocycles. The van der Waals surface area contributed by atoms with Crippen LogP contribution in [0.4, 0.5) is 33.9 Å². The molecule has 475 valence electrons. The van der Waals surface area contributed by atoms with Gasteiger partial charge in [0.2, 0.25) is 5.67 Å². The van der Waals surface area contributed by atoms with Gasteiger partial charge in [-0.1, -0.05) is 119 Å². The number of halogens is 5. The maximum Gasteiger partial charge on any atom is 0.354 e. The Balaban J connectivity index is 0.000000261. The summed E-state index contributed by atoms with van der Waals surface area (Å²) in [6, 6.07) is 37.1. The van der Waals surface area contributed by atoms with E-state index in [2.05, 4.69) is 50.9 Å². The van der Waals surface area contributed by atoms with Crippen LogP contribution in [0, 0.1) is 0 Å². The lowest BCUT2D eigenvalue weighted by Gasteiger charge is -2.32. The Morgan fingerprint density at radius 1 is 0.618 bits per heavy atom. The number of rotatable bonds is 16. The number of benzene rings is 4. The van der Waals surface area contributed by atoms with E-state index in [1.807, 2.05) is 0 Å². The van der Waals surface area contributed by atoms with Crippen molar-refractivity contribution in [1.29, 1.82) is 0 Å². The van der Waals surface area contributed by atoms with E-state index in [9.17, 15) is 28.6 Å². The van der Waals surface area contributed by atoms with Gasteiger partial charge in [-0.2, -0.15) is 10.2 Å². The molecule has 6 N–H and O–H groups in total. The molecule has 89 heavy (non-hydrogen) atoms.